The molecule has 130 valence electrons. The van der Waals surface area contributed by atoms with E-state index in [2.05, 4.69) is 18.2 Å². The van der Waals surface area contributed by atoms with E-state index in [9.17, 15) is 4.79 Å². The first-order valence-corrected chi connectivity index (χ1v) is 9.64. The Morgan fingerprint density at radius 3 is 2.20 bits per heavy atom. The molecule has 0 heterocycles. The molecule has 0 unspecified atom stereocenters. The summed E-state index contributed by atoms with van der Waals surface area (Å²) in [6, 6.07) is 14.6. The molecule has 4 aliphatic carbocycles. The number of amides is 1. The Kier molecular flexibility index (Phi) is 3.51. The number of hydrogen-bond acceptors (Lipinski definition) is 2. The Morgan fingerprint density at radius 1 is 0.920 bits per heavy atom. The van der Waals surface area contributed by atoms with Crippen LogP contribution >= 0.6 is 0 Å². The number of fused-ring (bicyclic) bond motifs is 1. The molecule has 0 N–H and O–H groups in total. The smallest absolute Gasteiger partial charge is 0.252 e. The molecule has 0 spiro atoms. The lowest BCUT2D eigenvalue weighted by molar-refractivity contribution is -0.191. The lowest BCUT2D eigenvalue weighted by Crippen LogP contribution is -2.58. The van der Waals surface area contributed by atoms with Gasteiger partial charge in [-0.1, -0.05) is 30.3 Å². The van der Waals surface area contributed by atoms with Crippen LogP contribution in [0.15, 0.2) is 42.5 Å². The van der Waals surface area contributed by atoms with Crippen molar-refractivity contribution in [1.82, 2.24) is 5.06 Å². The van der Waals surface area contributed by atoms with Gasteiger partial charge in [-0.25, -0.2) is 0 Å². The van der Waals surface area contributed by atoms with Gasteiger partial charge in [0.05, 0.1) is 6.04 Å². The molecule has 0 radical (unpaired) electrons. The molecule has 2 aromatic rings. The Morgan fingerprint density at radius 2 is 1.56 bits per heavy atom. The van der Waals surface area contributed by atoms with E-state index in [1.165, 1.54) is 37.5 Å². The first-order chi connectivity index (χ1) is 12.2. The van der Waals surface area contributed by atoms with Crippen molar-refractivity contribution in [3.63, 3.8) is 0 Å². The van der Waals surface area contributed by atoms with E-state index in [1.54, 1.807) is 12.0 Å². The molecular formula is C22H25NO2. The first-order valence-electron chi connectivity index (χ1n) is 9.64. The zero-order valence-electron chi connectivity index (χ0n) is 14.7. The van der Waals surface area contributed by atoms with Crippen LogP contribution in [0.5, 0.6) is 5.75 Å². The van der Waals surface area contributed by atoms with E-state index in [-0.39, 0.29) is 11.9 Å². The van der Waals surface area contributed by atoms with Crippen molar-refractivity contribution in [3.05, 3.63) is 42.5 Å². The van der Waals surface area contributed by atoms with Crippen molar-refractivity contribution in [1.29, 1.82) is 0 Å². The average Bonchev–Trinajstić information content (AvgIpc) is 2.59. The van der Waals surface area contributed by atoms with Gasteiger partial charge in [0.2, 0.25) is 0 Å². The lowest BCUT2D eigenvalue weighted by atomic mass is 9.54. The van der Waals surface area contributed by atoms with Gasteiger partial charge in [-0.2, -0.15) is 5.06 Å². The third kappa shape index (κ3) is 2.61. The maximum atomic E-state index is 12.4. The molecule has 2 aromatic carbocycles. The minimum absolute atomic E-state index is 0.0330. The van der Waals surface area contributed by atoms with E-state index in [0.717, 1.165) is 23.0 Å². The fourth-order valence-corrected chi connectivity index (χ4v) is 5.95. The quantitative estimate of drug-likeness (QED) is 0.754. The normalized spacial score (nSPS) is 32.8. The van der Waals surface area contributed by atoms with Crippen molar-refractivity contribution in [2.75, 3.05) is 0 Å². The van der Waals surface area contributed by atoms with Gasteiger partial charge in [-0.15, -0.1) is 0 Å². The van der Waals surface area contributed by atoms with Crippen molar-refractivity contribution in [3.8, 4) is 5.75 Å². The second-order valence-corrected chi connectivity index (χ2v) is 8.37. The zero-order valence-corrected chi connectivity index (χ0v) is 14.7. The van der Waals surface area contributed by atoms with Gasteiger partial charge in [0.25, 0.3) is 5.91 Å². The van der Waals surface area contributed by atoms with Crippen LogP contribution in [0.4, 0.5) is 0 Å². The molecule has 0 aromatic heterocycles. The minimum Gasteiger partial charge on any atom is -0.377 e. The van der Waals surface area contributed by atoms with Gasteiger partial charge < -0.3 is 4.84 Å². The van der Waals surface area contributed by atoms with Crippen LogP contribution in [0.2, 0.25) is 0 Å². The van der Waals surface area contributed by atoms with E-state index in [1.807, 2.05) is 24.3 Å². The Balaban J connectivity index is 1.43. The molecule has 0 atom stereocenters. The van der Waals surface area contributed by atoms with E-state index in [4.69, 9.17) is 4.84 Å². The number of hydrogen-bond donors (Lipinski definition) is 0. The third-order valence-electron chi connectivity index (χ3n) is 6.68. The largest absolute Gasteiger partial charge is 0.377 e. The molecule has 4 fully saturated rings. The summed E-state index contributed by atoms with van der Waals surface area (Å²) in [6.07, 6.45) is 6.54. The third-order valence-corrected chi connectivity index (χ3v) is 6.68. The topological polar surface area (TPSA) is 29.5 Å². The number of rotatable bonds is 3. The van der Waals surface area contributed by atoms with Crippen LogP contribution in [0, 0.1) is 23.7 Å². The monoisotopic (exact) mass is 335 g/mol. The highest BCUT2D eigenvalue weighted by molar-refractivity contribution is 5.83. The van der Waals surface area contributed by atoms with Crippen LogP contribution in [0.3, 0.4) is 0 Å². The van der Waals surface area contributed by atoms with Crippen LogP contribution < -0.4 is 4.84 Å². The molecule has 4 bridgehead atoms. The molecule has 4 saturated carbocycles. The average molecular weight is 335 g/mol. The van der Waals surface area contributed by atoms with Crippen molar-refractivity contribution in [2.24, 2.45) is 23.7 Å². The molecule has 0 aliphatic heterocycles. The van der Waals surface area contributed by atoms with Crippen LogP contribution in [-0.4, -0.2) is 17.0 Å². The van der Waals surface area contributed by atoms with Crippen LogP contribution in [-0.2, 0) is 4.79 Å². The van der Waals surface area contributed by atoms with Crippen LogP contribution in [0.25, 0.3) is 10.8 Å². The van der Waals surface area contributed by atoms with E-state index >= 15 is 0 Å². The second kappa shape index (κ2) is 5.76. The fourth-order valence-electron chi connectivity index (χ4n) is 5.95. The highest BCUT2D eigenvalue weighted by atomic mass is 16.7. The summed E-state index contributed by atoms with van der Waals surface area (Å²) < 4.78 is 0. The number of hydroxylamine groups is 2. The van der Waals surface area contributed by atoms with Gasteiger partial charge in [-0.3, -0.25) is 4.79 Å². The molecular weight excluding hydrogens is 310 g/mol. The standard InChI is InChI=1S/C22H25NO2/c1-14(24)23(22-19-9-15-8-16(11-19)12-20(22)10-15)25-21-7-6-17-4-2-3-5-18(17)13-21/h2-7,13,15-16,19-20,22H,8-12H2,1H3. The summed E-state index contributed by atoms with van der Waals surface area (Å²) >= 11 is 0. The molecule has 1 amide bonds. The van der Waals surface area contributed by atoms with Crippen molar-refractivity contribution < 1.29 is 9.63 Å². The first kappa shape index (κ1) is 15.2. The summed E-state index contributed by atoms with van der Waals surface area (Å²) in [5, 5.41) is 4.06. The van der Waals surface area contributed by atoms with Gasteiger partial charge >= 0.3 is 0 Å². The summed E-state index contributed by atoms with van der Waals surface area (Å²) in [6.45, 7) is 1.64. The summed E-state index contributed by atoms with van der Waals surface area (Å²) in [4.78, 5) is 18.6. The summed E-state index contributed by atoms with van der Waals surface area (Å²) in [5.41, 5.74) is 0. The predicted octanol–water partition coefficient (Wildman–Crippen LogP) is 4.81. The molecule has 3 heteroatoms. The molecule has 3 nitrogen and oxygen atoms in total. The Labute approximate surface area is 148 Å². The Bertz CT molecular complexity index is 787. The molecule has 0 saturated heterocycles. The highest BCUT2D eigenvalue weighted by Crippen LogP contribution is 2.55. The predicted molar refractivity (Wildman–Crippen MR) is 97.9 cm³/mol. The molecule has 6 rings (SSSR count). The molecule has 4 aliphatic rings. The van der Waals surface area contributed by atoms with Gasteiger partial charge in [0.1, 0.15) is 0 Å². The maximum absolute atomic E-state index is 12.4. The Hall–Kier alpha value is -2.03. The summed E-state index contributed by atoms with van der Waals surface area (Å²) in [5.74, 6) is 3.84. The summed E-state index contributed by atoms with van der Waals surface area (Å²) in [7, 11) is 0. The van der Waals surface area contributed by atoms with Gasteiger partial charge in [0.15, 0.2) is 5.75 Å². The fraction of sp³-hybridized carbons (Fsp3) is 0.500. The van der Waals surface area contributed by atoms with Gasteiger partial charge in [0, 0.05) is 6.92 Å². The van der Waals surface area contributed by atoms with E-state index < -0.39 is 0 Å². The number of nitrogens with zero attached hydrogens (tertiary/aromatic N) is 1. The highest BCUT2D eigenvalue weighted by Gasteiger charge is 2.51. The lowest BCUT2D eigenvalue weighted by Gasteiger charge is -2.56. The van der Waals surface area contributed by atoms with Crippen LogP contribution in [0.1, 0.15) is 39.0 Å². The maximum Gasteiger partial charge on any atom is 0.252 e. The molecule has 25 heavy (non-hydrogen) atoms. The number of carbonyl (C=O) groups is 1. The minimum atomic E-state index is 0.0330. The number of carbonyl (C=O) groups excluding carboxylic acids is 1. The zero-order chi connectivity index (χ0) is 17.0. The second-order valence-electron chi connectivity index (χ2n) is 8.37. The van der Waals surface area contributed by atoms with Gasteiger partial charge in [-0.05, 0) is 78.7 Å². The SMILES string of the molecule is CC(=O)N(Oc1ccc2ccccc2c1)C1C2CC3CC(C2)CC1C3. The van der Waals surface area contributed by atoms with E-state index in [0.29, 0.717) is 11.8 Å². The van der Waals surface area contributed by atoms with Crippen molar-refractivity contribution in [2.45, 2.75) is 45.1 Å². The van der Waals surface area contributed by atoms with Crippen molar-refractivity contribution >= 4 is 16.7 Å². The number of benzene rings is 2.